The van der Waals surface area contributed by atoms with E-state index < -0.39 is 17.8 Å². The van der Waals surface area contributed by atoms with Crippen LogP contribution in [0.3, 0.4) is 0 Å². The molecule has 0 amide bonds. The number of rotatable bonds is 3. The predicted octanol–water partition coefficient (Wildman–Crippen LogP) is 2.74. The van der Waals surface area contributed by atoms with Gasteiger partial charge >= 0.3 is 6.18 Å². The molecule has 0 aliphatic carbocycles. The Morgan fingerprint density at radius 2 is 1.59 bits per heavy atom. The van der Waals surface area contributed by atoms with Gasteiger partial charge in [-0.3, -0.25) is 0 Å². The minimum absolute atomic E-state index is 0.0184. The molecule has 96 valence electrons. The molecule has 1 atom stereocenters. The molecular weight excluding hydrogens is 235 g/mol. The molecule has 17 heavy (non-hydrogen) atoms. The van der Waals surface area contributed by atoms with Crippen LogP contribution in [0.15, 0.2) is 12.1 Å². The summed E-state index contributed by atoms with van der Waals surface area (Å²) in [6.45, 7) is 1.48. The number of benzene rings is 1. The lowest BCUT2D eigenvalue weighted by atomic mass is 10.0. The van der Waals surface area contributed by atoms with E-state index in [1.807, 2.05) is 0 Å². The molecule has 0 saturated carbocycles. The lowest BCUT2D eigenvalue weighted by molar-refractivity contribution is -0.138. The molecule has 0 aliphatic rings. The van der Waals surface area contributed by atoms with Crippen molar-refractivity contribution in [2.45, 2.75) is 19.1 Å². The third-order valence-corrected chi connectivity index (χ3v) is 2.35. The SMILES string of the molecule is COc1cc(C(C)N)c(C(F)(F)F)cc1OC. The van der Waals surface area contributed by atoms with Crippen LogP contribution in [-0.4, -0.2) is 14.2 Å². The molecule has 3 nitrogen and oxygen atoms in total. The lowest BCUT2D eigenvalue weighted by Gasteiger charge is -2.18. The highest BCUT2D eigenvalue weighted by molar-refractivity contribution is 5.49. The molecule has 0 radical (unpaired) electrons. The van der Waals surface area contributed by atoms with Crippen LogP contribution in [0.25, 0.3) is 0 Å². The van der Waals surface area contributed by atoms with Crippen molar-refractivity contribution in [3.63, 3.8) is 0 Å². The summed E-state index contributed by atoms with van der Waals surface area (Å²) in [7, 11) is 2.64. The molecule has 0 heterocycles. The molecule has 1 unspecified atom stereocenters. The number of nitrogens with two attached hydrogens (primary N) is 1. The van der Waals surface area contributed by atoms with Gasteiger partial charge in [0.25, 0.3) is 0 Å². The molecule has 0 fully saturated rings. The Morgan fingerprint density at radius 3 is 1.94 bits per heavy atom. The molecule has 1 aromatic rings. The van der Waals surface area contributed by atoms with Crippen molar-refractivity contribution < 1.29 is 22.6 Å². The van der Waals surface area contributed by atoms with Crippen molar-refractivity contribution in [2.24, 2.45) is 5.73 Å². The number of ether oxygens (including phenoxy) is 2. The monoisotopic (exact) mass is 249 g/mol. The van der Waals surface area contributed by atoms with Crippen LogP contribution < -0.4 is 15.2 Å². The summed E-state index contributed by atoms with van der Waals surface area (Å²) in [6, 6.07) is 1.41. The van der Waals surface area contributed by atoms with Gasteiger partial charge in [-0.1, -0.05) is 0 Å². The molecule has 2 N–H and O–H groups in total. The lowest BCUT2D eigenvalue weighted by Crippen LogP contribution is -2.15. The Labute approximate surface area is 97.3 Å². The summed E-state index contributed by atoms with van der Waals surface area (Å²) in [5.74, 6) is 0.261. The second-order valence-electron chi connectivity index (χ2n) is 3.58. The van der Waals surface area contributed by atoms with Gasteiger partial charge in [0.1, 0.15) is 0 Å². The molecule has 0 bridgehead atoms. The largest absolute Gasteiger partial charge is 0.493 e. The molecule has 0 aliphatic heterocycles. The van der Waals surface area contributed by atoms with E-state index in [0.717, 1.165) is 6.07 Å². The van der Waals surface area contributed by atoms with Gasteiger partial charge in [0.15, 0.2) is 11.5 Å². The van der Waals surface area contributed by atoms with Gasteiger partial charge in [0.2, 0.25) is 0 Å². The third kappa shape index (κ3) is 2.82. The first kappa shape index (κ1) is 13.6. The normalized spacial score (nSPS) is 13.4. The first-order valence-corrected chi connectivity index (χ1v) is 4.90. The molecule has 0 spiro atoms. The van der Waals surface area contributed by atoms with Crippen molar-refractivity contribution >= 4 is 0 Å². The van der Waals surface area contributed by atoms with Gasteiger partial charge in [-0.05, 0) is 24.6 Å². The van der Waals surface area contributed by atoms with Crippen molar-refractivity contribution in [3.05, 3.63) is 23.3 Å². The molecule has 6 heteroatoms. The molecular formula is C11H14F3NO2. The highest BCUT2D eigenvalue weighted by Crippen LogP contribution is 2.40. The smallest absolute Gasteiger partial charge is 0.416 e. The Bertz CT molecular complexity index is 402. The number of methoxy groups -OCH3 is 2. The summed E-state index contributed by atoms with van der Waals surface area (Å²) >= 11 is 0. The van der Waals surface area contributed by atoms with Gasteiger partial charge < -0.3 is 15.2 Å². The van der Waals surface area contributed by atoms with E-state index >= 15 is 0 Å². The van der Waals surface area contributed by atoms with Gasteiger partial charge in [0.05, 0.1) is 19.8 Å². The van der Waals surface area contributed by atoms with E-state index in [1.165, 1.54) is 27.2 Å². The fourth-order valence-electron chi connectivity index (χ4n) is 1.52. The van der Waals surface area contributed by atoms with Crippen molar-refractivity contribution in [1.29, 1.82) is 0 Å². The van der Waals surface area contributed by atoms with Crippen LogP contribution >= 0.6 is 0 Å². The molecule has 1 rings (SSSR count). The quantitative estimate of drug-likeness (QED) is 0.895. The predicted molar refractivity (Wildman–Crippen MR) is 57.2 cm³/mol. The van der Waals surface area contributed by atoms with Crippen LogP contribution in [-0.2, 0) is 6.18 Å². The summed E-state index contributed by atoms with van der Waals surface area (Å²) in [5.41, 5.74) is 4.71. The highest BCUT2D eigenvalue weighted by atomic mass is 19.4. The van der Waals surface area contributed by atoms with E-state index in [9.17, 15) is 13.2 Å². The fraction of sp³-hybridized carbons (Fsp3) is 0.455. The Kier molecular flexibility index (Phi) is 3.87. The minimum atomic E-state index is -4.47. The molecule has 1 aromatic carbocycles. The van der Waals surface area contributed by atoms with Crippen LogP contribution in [0.5, 0.6) is 11.5 Å². The third-order valence-electron chi connectivity index (χ3n) is 2.35. The van der Waals surface area contributed by atoms with E-state index in [2.05, 4.69) is 0 Å². The Balaban J connectivity index is 3.46. The maximum atomic E-state index is 12.8. The average molecular weight is 249 g/mol. The van der Waals surface area contributed by atoms with Crippen molar-refractivity contribution in [1.82, 2.24) is 0 Å². The topological polar surface area (TPSA) is 44.5 Å². The number of alkyl halides is 3. The summed E-state index contributed by atoms with van der Waals surface area (Å²) < 4.78 is 48.2. The van der Waals surface area contributed by atoms with Gasteiger partial charge in [-0.2, -0.15) is 13.2 Å². The van der Waals surface area contributed by atoms with Crippen molar-refractivity contribution in [3.8, 4) is 11.5 Å². The van der Waals surface area contributed by atoms with Gasteiger partial charge in [0, 0.05) is 6.04 Å². The van der Waals surface area contributed by atoms with E-state index in [-0.39, 0.29) is 17.1 Å². The maximum absolute atomic E-state index is 12.8. The van der Waals surface area contributed by atoms with E-state index in [4.69, 9.17) is 15.2 Å². The number of halogens is 3. The van der Waals surface area contributed by atoms with Crippen LogP contribution in [0.2, 0.25) is 0 Å². The zero-order valence-corrected chi connectivity index (χ0v) is 9.76. The van der Waals surface area contributed by atoms with Crippen LogP contribution in [0, 0.1) is 0 Å². The fourth-order valence-corrected chi connectivity index (χ4v) is 1.52. The molecule has 0 saturated heterocycles. The van der Waals surface area contributed by atoms with Crippen LogP contribution in [0.4, 0.5) is 13.2 Å². The second-order valence-corrected chi connectivity index (χ2v) is 3.58. The van der Waals surface area contributed by atoms with Gasteiger partial charge in [-0.15, -0.1) is 0 Å². The highest BCUT2D eigenvalue weighted by Gasteiger charge is 2.35. The zero-order valence-electron chi connectivity index (χ0n) is 9.76. The summed E-state index contributed by atoms with van der Waals surface area (Å²) in [5, 5.41) is 0. The minimum Gasteiger partial charge on any atom is -0.493 e. The number of hydrogen-bond acceptors (Lipinski definition) is 3. The standard InChI is InChI=1S/C11H14F3NO2/c1-6(15)7-4-9(16-2)10(17-3)5-8(7)11(12,13)14/h4-6H,15H2,1-3H3. The zero-order chi connectivity index (χ0) is 13.2. The Morgan fingerprint density at radius 1 is 1.12 bits per heavy atom. The molecule has 0 aromatic heterocycles. The first-order valence-electron chi connectivity index (χ1n) is 4.90. The summed E-state index contributed by atoms with van der Waals surface area (Å²) in [4.78, 5) is 0. The van der Waals surface area contributed by atoms with Crippen molar-refractivity contribution in [2.75, 3.05) is 14.2 Å². The van der Waals surface area contributed by atoms with E-state index in [1.54, 1.807) is 0 Å². The van der Waals surface area contributed by atoms with Gasteiger partial charge in [-0.25, -0.2) is 0 Å². The maximum Gasteiger partial charge on any atom is 0.416 e. The Hall–Kier alpha value is -1.43. The summed E-state index contributed by atoms with van der Waals surface area (Å²) in [6.07, 6.45) is -4.47. The van der Waals surface area contributed by atoms with Crippen LogP contribution in [0.1, 0.15) is 24.1 Å². The number of hydrogen-bond donors (Lipinski definition) is 1. The average Bonchev–Trinajstić information content (AvgIpc) is 2.25. The first-order chi connectivity index (χ1) is 7.81. The second kappa shape index (κ2) is 4.83. The van der Waals surface area contributed by atoms with E-state index in [0.29, 0.717) is 0 Å².